The van der Waals surface area contributed by atoms with Gasteiger partial charge in [-0.1, -0.05) is 33.1 Å². The molecule has 0 saturated heterocycles. The number of aryl methyl sites for hydroxylation is 1. The van der Waals surface area contributed by atoms with Gasteiger partial charge in [0, 0.05) is 5.56 Å². The first kappa shape index (κ1) is 15.1. The van der Waals surface area contributed by atoms with Crippen LogP contribution in [0.15, 0.2) is 12.1 Å². The molecule has 1 aromatic rings. The molecule has 102 valence electrons. The minimum atomic E-state index is -0.920. The van der Waals surface area contributed by atoms with E-state index in [2.05, 4.69) is 6.92 Å². The van der Waals surface area contributed by atoms with Gasteiger partial charge in [-0.2, -0.15) is 0 Å². The van der Waals surface area contributed by atoms with Crippen LogP contribution in [0, 0.1) is 24.5 Å². The van der Waals surface area contributed by atoms with Crippen molar-refractivity contribution in [3.8, 4) is 0 Å². The Labute approximate surface area is 108 Å². The van der Waals surface area contributed by atoms with E-state index in [1.165, 1.54) is 6.92 Å². The molecule has 2 atom stereocenters. The highest BCUT2D eigenvalue weighted by Crippen LogP contribution is 2.31. The summed E-state index contributed by atoms with van der Waals surface area (Å²) in [5, 5.41) is 10.2. The number of unbranched alkanes of at least 4 members (excludes halogenated alkanes) is 1. The molecular weight excluding hydrogens is 234 g/mol. The Balaban J connectivity index is 2.94. The lowest BCUT2D eigenvalue weighted by Crippen LogP contribution is -2.14. The van der Waals surface area contributed by atoms with Gasteiger partial charge in [0.25, 0.3) is 0 Å². The fourth-order valence-electron chi connectivity index (χ4n) is 2.19. The normalized spacial score (nSPS) is 14.6. The van der Waals surface area contributed by atoms with E-state index in [0.29, 0.717) is 0 Å². The van der Waals surface area contributed by atoms with Crippen LogP contribution in [0.1, 0.15) is 56.8 Å². The van der Waals surface area contributed by atoms with Crippen molar-refractivity contribution < 1.29 is 13.9 Å². The number of rotatable bonds is 6. The number of hydrogen-bond acceptors (Lipinski definition) is 1. The Kier molecular flexibility index (Phi) is 5.73. The second-order valence-corrected chi connectivity index (χ2v) is 4.88. The molecule has 18 heavy (non-hydrogen) atoms. The van der Waals surface area contributed by atoms with Crippen LogP contribution >= 0.6 is 0 Å². The maximum absolute atomic E-state index is 13.8. The summed E-state index contributed by atoms with van der Waals surface area (Å²) in [6.45, 7) is 5.56. The number of hydrogen-bond donors (Lipinski definition) is 1. The zero-order valence-electron chi connectivity index (χ0n) is 11.3. The summed E-state index contributed by atoms with van der Waals surface area (Å²) in [6.07, 6.45) is 2.70. The molecule has 3 heteroatoms. The Bertz CT molecular complexity index is 390. The van der Waals surface area contributed by atoms with Crippen molar-refractivity contribution in [3.63, 3.8) is 0 Å². The lowest BCUT2D eigenvalue weighted by atomic mass is 9.88. The molecule has 0 aliphatic carbocycles. The first-order chi connectivity index (χ1) is 8.51. The van der Waals surface area contributed by atoms with E-state index in [0.717, 1.165) is 37.8 Å². The minimum Gasteiger partial charge on any atom is -0.388 e. The summed E-state index contributed by atoms with van der Waals surface area (Å²) in [4.78, 5) is 0. The van der Waals surface area contributed by atoms with E-state index in [9.17, 15) is 13.9 Å². The Morgan fingerprint density at radius 3 is 2.39 bits per heavy atom. The van der Waals surface area contributed by atoms with Crippen molar-refractivity contribution in [1.29, 1.82) is 0 Å². The van der Waals surface area contributed by atoms with Crippen molar-refractivity contribution in [2.45, 2.75) is 52.6 Å². The van der Waals surface area contributed by atoms with Gasteiger partial charge >= 0.3 is 0 Å². The molecule has 0 aromatic heterocycles. The van der Waals surface area contributed by atoms with Gasteiger partial charge in [-0.05, 0) is 37.0 Å². The molecule has 0 spiro atoms. The number of aliphatic hydroxyl groups excluding tert-OH is 1. The van der Waals surface area contributed by atoms with Crippen LogP contribution in [0.5, 0.6) is 0 Å². The molecular formula is C15H22F2O. The molecule has 0 amide bonds. The predicted octanol–water partition coefficient (Wildman–Crippen LogP) is 4.52. The fraction of sp³-hybridized carbons (Fsp3) is 0.600. The smallest absolute Gasteiger partial charge is 0.129 e. The summed E-state index contributed by atoms with van der Waals surface area (Å²) < 4.78 is 27.2. The second-order valence-electron chi connectivity index (χ2n) is 4.88. The summed E-state index contributed by atoms with van der Waals surface area (Å²) in [6, 6.07) is 2.28. The van der Waals surface area contributed by atoms with Crippen molar-refractivity contribution in [2.24, 2.45) is 5.92 Å². The highest BCUT2D eigenvalue weighted by atomic mass is 19.1. The van der Waals surface area contributed by atoms with Gasteiger partial charge in [0.15, 0.2) is 0 Å². The predicted molar refractivity (Wildman–Crippen MR) is 69.4 cm³/mol. The Morgan fingerprint density at radius 2 is 1.83 bits per heavy atom. The van der Waals surface area contributed by atoms with Gasteiger partial charge in [-0.3, -0.25) is 0 Å². The second kappa shape index (κ2) is 6.83. The summed E-state index contributed by atoms with van der Waals surface area (Å²) in [5.41, 5.74) is 0.353. The van der Waals surface area contributed by atoms with Crippen molar-refractivity contribution >= 4 is 0 Å². The minimum absolute atomic E-state index is 0.0124. The fourth-order valence-corrected chi connectivity index (χ4v) is 2.19. The number of benzene rings is 1. The molecule has 0 aliphatic rings. The van der Waals surface area contributed by atoms with Crippen LogP contribution < -0.4 is 0 Å². The SMILES string of the molecule is CCCCC(CC)C(O)c1cc(F)c(C)cc1F. The largest absolute Gasteiger partial charge is 0.388 e. The maximum Gasteiger partial charge on any atom is 0.129 e. The third kappa shape index (κ3) is 3.52. The van der Waals surface area contributed by atoms with Crippen molar-refractivity contribution in [2.75, 3.05) is 0 Å². The zero-order chi connectivity index (χ0) is 13.7. The van der Waals surface area contributed by atoms with Crippen LogP contribution in [0.2, 0.25) is 0 Å². The summed E-state index contributed by atoms with van der Waals surface area (Å²) in [5.74, 6) is -0.992. The molecule has 0 fully saturated rings. The first-order valence-corrected chi connectivity index (χ1v) is 6.64. The molecule has 1 nitrogen and oxygen atoms in total. The quantitative estimate of drug-likeness (QED) is 0.793. The molecule has 0 radical (unpaired) electrons. The van der Waals surface area contributed by atoms with Crippen LogP contribution in [0.3, 0.4) is 0 Å². The molecule has 1 rings (SSSR count). The maximum atomic E-state index is 13.8. The molecule has 0 saturated carbocycles. The molecule has 1 aromatic carbocycles. The van der Waals surface area contributed by atoms with Gasteiger partial charge in [0.05, 0.1) is 6.10 Å². The van der Waals surface area contributed by atoms with Crippen LogP contribution in [0.25, 0.3) is 0 Å². The van der Waals surface area contributed by atoms with Crippen LogP contribution in [-0.2, 0) is 0 Å². The molecule has 0 aliphatic heterocycles. The standard InChI is InChI=1S/C15H22F2O/c1-4-6-7-11(5-2)15(18)12-9-13(16)10(3)8-14(12)17/h8-9,11,15,18H,4-7H2,1-3H3. The Morgan fingerprint density at radius 1 is 1.17 bits per heavy atom. The van der Waals surface area contributed by atoms with Gasteiger partial charge in [0.2, 0.25) is 0 Å². The third-order valence-electron chi connectivity index (χ3n) is 3.50. The van der Waals surface area contributed by atoms with E-state index in [4.69, 9.17) is 0 Å². The van der Waals surface area contributed by atoms with Gasteiger partial charge in [-0.25, -0.2) is 8.78 Å². The molecule has 1 N–H and O–H groups in total. The highest BCUT2D eigenvalue weighted by Gasteiger charge is 2.22. The van der Waals surface area contributed by atoms with E-state index in [-0.39, 0.29) is 17.0 Å². The zero-order valence-corrected chi connectivity index (χ0v) is 11.3. The summed E-state index contributed by atoms with van der Waals surface area (Å²) >= 11 is 0. The van der Waals surface area contributed by atoms with E-state index < -0.39 is 17.7 Å². The topological polar surface area (TPSA) is 20.2 Å². The average molecular weight is 256 g/mol. The van der Waals surface area contributed by atoms with Crippen molar-refractivity contribution in [3.05, 3.63) is 34.9 Å². The van der Waals surface area contributed by atoms with Crippen LogP contribution in [0.4, 0.5) is 8.78 Å². The average Bonchev–Trinajstić information content (AvgIpc) is 2.34. The Hall–Kier alpha value is -0.960. The third-order valence-corrected chi connectivity index (χ3v) is 3.50. The molecule has 0 heterocycles. The monoisotopic (exact) mass is 256 g/mol. The van der Waals surface area contributed by atoms with Gasteiger partial charge < -0.3 is 5.11 Å². The van der Waals surface area contributed by atoms with E-state index >= 15 is 0 Å². The van der Waals surface area contributed by atoms with E-state index in [1.54, 1.807) is 0 Å². The summed E-state index contributed by atoms with van der Waals surface area (Å²) in [7, 11) is 0. The van der Waals surface area contributed by atoms with Crippen molar-refractivity contribution in [1.82, 2.24) is 0 Å². The number of halogens is 2. The number of aliphatic hydroxyl groups is 1. The molecule has 0 bridgehead atoms. The molecule has 2 unspecified atom stereocenters. The highest BCUT2D eigenvalue weighted by molar-refractivity contribution is 5.27. The lowest BCUT2D eigenvalue weighted by molar-refractivity contribution is 0.0950. The van der Waals surface area contributed by atoms with E-state index in [1.807, 2.05) is 6.92 Å². The van der Waals surface area contributed by atoms with Gasteiger partial charge in [-0.15, -0.1) is 0 Å². The first-order valence-electron chi connectivity index (χ1n) is 6.64. The lowest BCUT2D eigenvalue weighted by Gasteiger charge is -2.22. The van der Waals surface area contributed by atoms with Crippen LogP contribution in [-0.4, -0.2) is 5.11 Å². The van der Waals surface area contributed by atoms with Gasteiger partial charge in [0.1, 0.15) is 11.6 Å².